The molecule has 6 atom stereocenters. The number of carbonyl (C=O) groups excluding carboxylic acids is 1. The van der Waals surface area contributed by atoms with E-state index in [9.17, 15) is 9.90 Å². The smallest absolute Gasteiger partial charge is 0.220 e. The molecule has 1 N–H and O–H groups in total. The van der Waals surface area contributed by atoms with E-state index < -0.39 is 0 Å². The van der Waals surface area contributed by atoms with Crippen molar-refractivity contribution in [1.29, 1.82) is 0 Å². The Morgan fingerprint density at radius 3 is 2.33 bits per heavy atom. The second-order valence-corrected chi connectivity index (χ2v) is 15.5. The van der Waals surface area contributed by atoms with Crippen LogP contribution in [0.2, 0.25) is 0 Å². The van der Waals surface area contributed by atoms with Gasteiger partial charge in [0.25, 0.3) is 0 Å². The summed E-state index contributed by atoms with van der Waals surface area (Å²) in [5, 5.41) is 10.4. The van der Waals surface area contributed by atoms with Crippen LogP contribution in [-0.2, 0) is 4.79 Å². The molecule has 0 radical (unpaired) electrons. The van der Waals surface area contributed by atoms with Crippen molar-refractivity contribution in [3.63, 3.8) is 0 Å². The SMILES string of the molecule is CC[C@@]12CC[C@@]3(C)C4=CC(=O)C(O)=C(C)C4=CC=C3[C@@]1(C)CC[C@@]1(C)CC[C@@](C)(CN3CCN(C)CC3)C[C@H]12. The molecule has 6 rings (SSSR count). The first kappa shape index (κ1) is 27.5. The van der Waals surface area contributed by atoms with Crippen molar-refractivity contribution in [3.8, 4) is 0 Å². The summed E-state index contributed by atoms with van der Waals surface area (Å²) in [7, 11) is 2.26. The Bertz CT molecular complexity index is 1200. The monoisotopic (exact) mass is 532 g/mol. The van der Waals surface area contributed by atoms with Crippen LogP contribution in [0.4, 0.5) is 0 Å². The first-order valence-electron chi connectivity index (χ1n) is 15.8. The zero-order valence-corrected chi connectivity index (χ0v) is 25.8. The number of likely N-dealkylation sites (N-methyl/N-ethyl adjacent to an activating group) is 1. The van der Waals surface area contributed by atoms with Crippen LogP contribution in [0.3, 0.4) is 0 Å². The molecule has 0 unspecified atom stereocenters. The van der Waals surface area contributed by atoms with Gasteiger partial charge in [-0.1, -0.05) is 52.3 Å². The summed E-state index contributed by atoms with van der Waals surface area (Å²) in [5.74, 6) is 0.428. The molecule has 4 heteroatoms. The van der Waals surface area contributed by atoms with Crippen LogP contribution in [0.15, 0.2) is 46.3 Å². The number of hydrogen-bond acceptors (Lipinski definition) is 4. The van der Waals surface area contributed by atoms with E-state index in [0.29, 0.717) is 10.8 Å². The molecule has 1 aliphatic heterocycles. The minimum absolute atomic E-state index is 0.0781. The van der Waals surface area contributed by atoms with Crippen LogP contribution < -0.4 is 0 Å². The van der Waals surface area contributed by atoms with Gasteiger partial charge in [-0.15, -0.1) is 0 Å². The maximum Gasteiger partial charge on any atom is 0.220 e. The maximum atomic E-state index is 12.8. The third-order valence-corrected chi connectivity index (χ3v) is 13.5. The highest BCUT2D eigenvalue weighted by atomic mass is 16.3. The minimum atomic E-state index is -0.220. The first-order chi connectivity index (χ1) is 18.3. The van der Waals surface area contributed by atoms with Gasteiger partial charge in [0.05, 0.1) is 0 Å². The maximum absolute atomic E-state index is 12.8. The first-order valence-corrected chi connectivity index (χ1v) is 15.8. The van der Waals surface area contributed by atoms with Crippen molar-refractivity contribution in [2.24, 2.45) is 33.0 Å². The molecule has 0 aromatic heterocycles. The van der Waals surface area contributed by atoms with Gasteiger partial charge in [-0.2, -0.15) is 0 Å². The van der Waals surface area contributed by atoms with Crippen LogP contribution in [0.1, 0.15) is 92.9 Å². The average Bonchev–Trinajstić information content (AvgIpc) is 2.90. The van der Waals surface area contributed by atoms with Gasteiger partial charge in [0.2, 0.25) is 5.78 Å². The van der Waals surface area contributed by atoms with E-state index in [-0.39, 0.29) is 27.8 Å². The molecule has 4 fully saturated rings. The largest absolute Gasteiger partial charge is 0.504 e. The molecule has 5 aliphatic carbocycles. The van der Waals surface area contributed by atoms with Gasteiger partial charge in [-0.3, -0.25) is 4.79 Å². The molecule has 6 aliphatic rings. The third kappa shape index (κ3) is 3.79. The van der Waals surface area contributed by atoms with Crippen molar-refractivity contribution in [2.45, 2.75) is 92.9 Å². The number of aliphatic hydroxyl groups is 1. The molecule has 0 aromatic rings. The number of carbonyl (C=O) groups is 1. The number of aliphatic hydroxyl groups excluding tert-OH is 1. The van der Waals surface area contributed by atoms with Crippen molar-refractivity contribution in [3.05, 3.63) is 46.3 Å². The van der Waals surface area contributed by atoms with Crippen LogP contribution in [0.5, 0.6) is 0 Å². The lowest BCUT2D eigenvalue weighted by atomic mass is 9.33. The zero-order chi connectivity index (χ0) is 28.0. The molecule has 214 valence electrons. The lowest BCUT2D eigenvalue weighted by Gasteiger charge is -2.71. The Morgan fingerprint density at radius 1 is 0.949 bits per heavy atom. The Balaban J connectivity index is 1.38. The van der Waals surface area contributed by atoms with Crippen LogP contribution in [0.25, 0.3) is 0 Å². The Labute approximate surface area is 237 Å². The highest BCUT2D eigenvalue weighted by Crippen LogP contribution is 2.76. The van der Waals surface area contributed by atoms with Gasteiger partial charge < -0.3 is 14.9 Å². The quantitative estimate of drug-likeness (QED) is 0.416. The van der Waals surface area contributed by atoms with Gasteiger partial charge in [-0.05, 0) is 110 Å². The second-order valence-electron chi connectivity index (χ2n) is 15.5. The lowest BCUT2D eigenvalue weighted by molar-refractivity contribution is -0.175. The normalized spacial score (nSPS) is 44.9. The van der Waals surface area contributed by atoms with Gasteiger partial charge in [0, 0.05) is 43.7 Å². The summed E-state index contributed by atoms with van der Waals surface area (Å²) >= 11 is 0. The van der Waals surface area contributed by atoms with E-state index in [1.54, 1.807) is 11.6 Å². The second kappa shape index (κ2) is 8.92. The fourth-order valence-electron chi connectivity index (χ4n) is 10.8. The number of piperazine rings is 1. The third-order valence-electron chi connectivity index (χ3n) is 13.5. The molecule has 1 heterocycles. The molecule has 0 bridgehead atoms. The molecule has 1 saturated heterocycles. The molecular formula is C35H52N2O2. The topological polar surface area (TPSA) is 43.8 Å². The summed E-state index contributed by atoms with van der Waals surface area (Å²) < 4.78 is 0. The van der Waals surface area contributed by atoms with Crippen LogP contribution in [0, 0.1) is 33.0 Å². The van der Waals surface area contributed by atoms with E-state index >= 15 is 0 Å². The lowest BCUT2D eigenvalue weighted by Crippen LogP contribution is -2.63. The predicted octanol–water partition coefficient (Wildman–Crippen LogP) is 7.25. The van der Waals surface area contributed by atoms with Crippen LogP contribution in [-0.4, -0.2) is 60.5 Å². The average molecular weight is 533 g/mol. The summed E-state index contributed by atoms with van der Waals surface area (Å²) in [6.45, 7) is 20.7. The number of fused-ring (bicyclic) bond motifs is 7. The molecule has 0 spiro atoms. The van der Waals surface area contributed by atoms with Gasteiger partial charge in [-0.25, -0.2) is 0 Å². The number of ketones is 1. The van der Waals surface area contributed by atoms with Crippen LogP contribution >= 0.6 is 0 Å². The number of nitrogens with zero attached hydrogens (tertiary/aromatic N) is 2. The number of allylic oxidation sites excluding steroid dienone is 7. The standard InChI is InChI=1S/C35H52N2O2/c1-8-35-16-14-33(5)26-21-27(38)30(39)24(2)25(26)9-10-28(33)34(35,6)15-13-32(4)12-11-31(3,22-29(32)35)23-37-19-17-36(7)18-20-37/h9-10,21,29,39H,8,11-20,22-23H2,1-7H3/t29-,31-,32-,33+,34-,35+/m1/s1. The highest BCUT2D eigenvalue weighted by Gasteiger charge is 2.67. The Hall–Kier alpha value is -1.65. The van der Waals surface area contributed by atoms with Gasteiger partial charge in [0.15, 0.2) is 5.76 Å². The molecule has 0 aromatic carbocycles. The van der Waals surface area contributed by atoms with Gasteiger partial charge in [0.1, 0.15) is 0 Å². The van der Waals surface area contributed by atoms with Crippen molar-refractivity contribution in [2.75, 3.05) is 39.8 Å². The summed E-state index contributed by atoms with van der Waals surface area (Å²) in [6.07, 6.45) is 16.6. The number of rotatable bonds is 3. The fraction of sp³-hybridized carbons (Fsp3) is 0.743. The van der Waals surface area contributed by atoms with E-state index in [1.807, 2.05) is 6.92 Å². The van der Waals surface area contributed by atoms with E-state index in [1.165, 1.54) is 77.7 Å². The summed E-state index contributed by atoms with van der Waals surface area (Å²) in [6, 6.07) is 0. The Kier molecular flexibility index (Phi) is 6.30. The summed E-state index contributed by atoms with van der Waals surface area (Å²) in [5.41, 5.74) is 5.61. The molecule has 4 nitrogen and oxygen atoms in total. The molecule has 39 heavy (non-hydrogen) atoms. The van der Waals surface area contributed by atoms with Gasteiger partial charge >= 0.3 is 0 Å². The summed E-state index contributed by atoms with van der Waals surface area (Å²) in [4.78, 5) is 18.0. The molecular weight excluding hydrogens is 480 g/mol. The fourth-order valence-corrected chi connectivity index (χ4v) is 10.8. The van der Waals surface area contributed by atoms with E-state index in [0.717, 1.165) is 29.1 Å². The van der Waals surface area contributed by atoms with Crippen molar-refractivity contribution in [1.82, 2.24) is 9.80 Å². The number of hydrogen-bond donors (Lipinski definition) is 1. The zero-order valence-electron chi connectivity index (χ0n) is 25.8. The van der Waals surface area contributed by atoms with Crippen molar-refractivity contribution < 1.29 is 9.90 Å². The minimum Gasteiger partial charge on any atom is -0.504 e. The van der Waals surface area contributed by atoms with E-state index in [4.69, 9.17) is 0 Å². The highest BCUT2D eigenvalue weighted by molar-refractivity contribution is 6.06. The van der Waals surface area contributed by atoms with E-state index in [2.05, 4.69) is 63.6 Å². The molecule has 0 amide bonds. The molecule has 3 saturated carbocycles. The predicted molar refractivity (Wildman–Crippen MR) is 159 cm³/mol. The van der Waals surface area contributed by atoms with Crippen molar-refractivity contribution >= 4 is 5.78 Å². The Morgan fingerprint density at radius 2 is 1.64 bits per heavy atom.